The maximum absolute atomic E-state index is 12.6. The van der Waals surface area contributed by atoms with Gasteiger partial charge in [-0.15, -0.1) is 11.3 Å². The molecule has 0 saturated heterocycles. The van der Waals surface area contributed by atoms with Crippen LogP contribution in [0.1, 0.15) is 50.1 Å². The van der Waals surface area contributed by atoms with E-state index < -0.39 is 5.91 Å². The molecule has 8 heteroatoms. The van der Waals surface area contributed by atoms with Gasteiger partial charge in [0.1, 0.15) is 17.4 Å². The first-order valence-electron chi connectivity index (χ1n) is 10.7. The number of carbonyl (C=O) groups excluding carboxylic acids is 2. The molecule has 2 amide bonds. The number of hydrogen-bond acceptors (Lipinski definition) is 5. The molecule has 4 rings (SSSR count). The minimum absolute atomic E-state index is 0.124. The third kappa shape index (κ3) is 5.58. The van der Waals surface area contributed by atoms with Gasteiger partial charge in [0.05, 0.1) is 5.56 Å². The molecule has 4 N–H and O–H groups in total. The van der Waals surface area contributed by atoms with Gasteiger partial charge in [0.15, 0.2) is 5.11 Å². The Labute approximate surface area is 202 Å². The lowest BCUT2D eigenvalue weighted by molar-refractivity contribution is 0.0975. The second kappa shape index (κ2) is 10.1. The molecule has 3 aromatic rings. The van der Waals surface area contributed by atoms with Crippen LogP contribution in [0.5, 0.6) is 5.75 Å². The number of thiophene rings is 1. The summed E-state index contributed by atoms with van der Waals surface area (Å²) in [5.41, 5.74) is 8.65. The molecule has 1 aromatic heterocycles. The van der Waals surface area contributed by atoms with E-state index in [4.69, 9.17) is 22.7 Å². The van der Waals surface area contributed by atoms with Crippen LogP contribution in [0.15, 0.2) is 54.6 Å². The predicted molar refractivity (Wildman–Crippen MR) is 135 cm³/mol. The van der Waals surface area contributed by atoms with Crippen molar-refractivity contribution < 1.29 is 14.3 Å². The summed E-state index contributed by atoms with van der Waals surface area (Å²) >= 11 is 6.81. The molecule has 0 spiro atoms. The maximum atomic E-state index is 12.6. The Morgan fingerprint density at radius 3 is 2.58 bits per heavy atom. The SMILES string of the molecule is C[C@@H]1CCc2c(sc(NC(=S)NC(=O)c3ccc(OCc4ccccc4)cc3)c2C(N)=O)C1. The summed E-state index contributed by atoms with van der Waals surface area (Å²) in [6.45, 7) is 2.65. The third-order valence-electron chi connectivity index (χ3n) is 5.58. The number of benzene rings is 2. The molecule has 6 nitrogen and oxygen atoms in total. The minimum Gasteiger partial charge on any atom is -0.489 e. The summed E-state index contributed by atoms with van der Waals surface area (Å²) in [7, 11) is 0. The molecule has 1 aliphatic rings. The van der Waals surface area contributed by atoms with Crippen LogP contribution < -0.4 is 21.1 Å². The highest BCUT2D eigenvalue weighted by molar-refractivity contribution is 7.80. The predicted octanol–water partition coefficient (Wildman–Crippen LogP) is 4.68. The van der Waals surface area contributed by atoms with E-state index >= 15 is 0 Å². The highest BCUT2D eigenvalue weighted by Crippen LogP contribution is 2.39. The van der Waals surface area contributed by atoms with Crippen LogP contribution in [0, 0.1) is 5.92 Å². The second-order valence-corrected chi connectivity index (χ2v) is 9.64. The van der Waals surface area contributed by atoms with Crippen molar-refractivity contribution in [1.82, 2.24) is 5.32 Å². The van der Waals surface area contributed by atoms with Crippen LogP contribution in [0.2, 0.25) is 0 Å². The van der Waals surface area contributed by atoms with Gasteiger partial charge < -0.3 is 15.8 Å². The van der Waals surface area contributed by atoms with Crippen molar-refractivity contribution in [3.8, 4) is 5.75 Å². The van der Waals surface area contributed by atoms with Crippen LogP contribution in [0.25, 0.3) is 0 Å². The molecular weight excluding hydrogens is 454 g/mol. The normalized spacial score (nSPS) is 14.8. The molecule has 1 heterocycles. The van der Waals surface area contributed by atoms with Crippen molar-refractivity contribution in [1.29, 1.82) is 0 Å². The van der Waals surface area contributed by atoms with Crippen molar-refractivity contribution >= 4 is 45.5 Å². The Bertz CT molecular complexity index is 1170. The number of primary amides is 1. The van der Waals surface area contributed by atoms with Crippen molar-refractivity contribution in [2.75, 3.05) is 5.32 Å². The Morgan fingerprint density at radius 2 is 1.88 bits per heavy atom. The fourth-order valence-corrected chi connectivity index (χ4v) is 5.53. The van der Waals surface area contributed by atoms with Crippen LogP contribution in [-0.2, 0) is 19.4 Å². The molecule has 0 bridgehead atoms. The van der Waals surface area contributed by atoms with Gasteiger partial charge in [0.25, 0.3) is 11.8 Å². The average Bonchev–Trinajstić information content (AvgIpc) is 3.15. The first-order chi connectivity index (χ1) is 15.9. The van der Waals surface area contributed by atoms with Gasteiger partial charge in [-0.25, -0.2) is 0 Å². The first-order valence-corrected chi connectivity index (χ1v) is 12.0. The number of anilines is 1. The minimum atomic E-state index is -0.482. The van der Waals surface area contributed by atoms with Crippen molar-refractivity contribution in [2.45, 2.75) is 32.8 Å². The lowest BCUT2D eigenvalue weighted by Gasteiger charge is -2.18. The Balaban J connectivity index is 1.37. The highest BCUT2D eigenvalue weighted by Gasteiger charge is 2.27. The second-order valence-electron chi connectivity index (χ2n) is 8.13. The topological polar surface area (TPSA) is 93.4 Å². The number of thiocarbonyl (C=S) groups is 1. The van der Waals surface area contributed by atoms with Crippen molar-refractivity contribution in [3.05, 3.63) is 81.7 Å². The summed E-state index contributed by atoms with van der Waals surface area (Å²) in [4.78, 5) is 25.9. The lowest BCUT2D eigenvalue weighted by atomic mass is 9.88. The average molecular weight is 480 g/mol. The zero-order valence-electron chi connectivity index (χ0n) is 18.2. The van der Waals surface area contributed by atoms with E-state index in [9.17, 15) is 9.59 Å². The van der Waals surface area contributed by atoms with E-state index in [1.165, 1.54) is 11.3 Å². The number of hydrogen-bond donors (Lipinski definition) is 3. The summed E-state index contributed by atoms with van der Waals surface area (Å²) < 4.78 is 5.76. The van der Waals surface area contributed by atoms with E-state index in [-0.39, 0.29) is 11.0 Å². The van der Waals surface area contributed by atoms with Gasteiger partial charge >= 0.3 is 0 Å². The van der Waals surface area contributed by atoms with Crippen LogP contribution in [0.3, 0.4) is 0 Å². The van der Waals surface area contributed by atoms with Crippen LogP contribution >= 0.6 is 23.6 Å². The molecule has 2 aromatic carbocycles. The van der Waals surface area contributed by atoms with Gasteiger partial charge in [-0.2, -0.15) is 0 Å². The zero-order valence-corrected chi connectivity index (χ0v) is 19.9. The molecule has 1 atom stereocenters. The van der Waals surface area contributed by atoms with Crippen molar-refractivity contribution in [3.63, 3.8) is 0 Å². The summed E-state index contributed by atoms with van der Waals surface area (Å²) in [5, 5.41) is 6.40. The lowest BCUT2D eigenvalue weighted by Crippen LogP contribution is -2.34. The standard InChI is InChI=1S/C25H25N3O3S2/c1-15-7-12-19-20(13-15)33-24(21(19)22(26)29)28-25(32)27-23(30)17-8-10-18(11-9-17)31-14-16-5-3-2-4-6-16/h2-6,8-11,15H,7,12-14H2,1H3,(H2,26,29)(H2,27,28,30,32)/t15-/m1/s1. The molecule has 0 radical (unpaired) electrons. The van der Waals surface area contributed by atoms with E-state index in [0.29, 0.717) is 34.4 Å². The third-order valence-corrected chi connectivity index (χ3v) is 6.95. The van der Waals surface area contributed by atoms with Gasteiger partial charge in [0, 0.05) is 10.4 Å². The van der Waals surface area contributed by atoms with E-state index in [2.05, 4.69) is 17.6 Å². The molecule has 1 aliphatic carbocycles. The van der Waals surface area contributed by atoms with Gasteiger partial charge in [-0.05, 0) is 72.8 Å². The summed E-state index contributed by atoms with van der Waals surface area (Å²) in [6.07, 6.45) is 2.76. The van der Waals surface area contributed by atoms with Crippen molar-refractivity contribution in [2.24, 2.45) is 11.7 Å². The van der Waals surface area contributed by atoms with Gasteiger partial charge in [-0.3, -0.25) is 14.9 Å². The number of amides is 2. The number of ether oxygens (including phenoxy) is 1. The monoisotopic (exact) mass is 479 g/mol. The fourth-order valence-electron chi connectivity index (χ4n) is 3.85. The van der Waals surface area contributed by atoms with E-state index in [1.807, 2.05) is 30.3 Å². The largest absolute Gasteiger partial charge is 0.489 e. The van der Waals surface area contributed by atoms with Crippen LogP contribution in [0.4, 0.5) is 5.00 Å². The molecule has 0 aliphatic heterocycles. The van der Waals surface area contributed by atoms with Crippen LogP contribution in [-0.4, -0.2) is 16.9 Å². The number of nitrogens with one attached hydrogen (secondary N) is 2. The van der Waals surface area contributed by atoms with Gasteiger partial charge in [-0.1, -0.05) is 37.3 Å². The smallest absolute Gasteiger partial charge is 0.257 e. The fraction of sp³-hybridized carbons (Fsp3) is 0.240. The van der Waals surface area contributed by atoms with Gasteiger partial charge in [0.2, 0.25) is 0 Å². The van der Waals surface area contributed by atoms with E-state index in [1.54, 1.807) is 24.3 Å². The van der Waals surface area contributed by atoms with E-state index in [0.717, 1.165) is 35.3 Å². The number of rotatable bonds is 6. The molecule has 0 saturated carbocycles. The molecule has 0 unspecified atom stereocenters. The number of nitrogens with two attached hydrogens (primary N) is 1. The zero-order chi connectivity index (χ0) is 23.4. The number of carbonyl (C=O) groups is 2. The summed E-state index contributed by atoms with van der Waals surface area (Å²) in [6, 6.07) is 16.7. The summed E-state index contributed by atoms with van der Waals surface area (Å²) in [5.74, 6) is 0.402. The highest BCUT2D eigenvalue weighted by atomic mass is 32.1. The molecular formula is C25H25N3O3S2. The maximum Gasteiger partial charge on any atom is 0.257 e. The quantitative estimate of drug-likeness (QED) is 0.447. The molecule has 33 heavy (non-hydrogen) atoms. The molecule has 0 fully saturated rings. The Hall–Kier alpha value is -3.23. The Morgan fingerprint density at radius 1 is 1.15 bits per heavy atom. The number of fused-ring (bicyclic) bond motifs is 1. The Kier molecular flexibility index (Phi) is 7.05. The molecule has 170 valence electrons. The first kappa shape index (κ1) is 22.9.